The average molecular weight is 232 g/mol. The molecule has 0 unspecified atom stereocenters. The van der Waals surface area contributed by atoms with Crippen molar-refractivity contribution in [3.05, 3.63) is 30.0 Å². The molecule has 0 atom stereocenters. The molecule has 90 valence electrons. The maximum atomic E-state index is 12.0. The monoisotopic (exact) mass is 232 g/mol. The van der Waals surface area contributed by atoms with E-state index in [0.717, 1.165) is 23.1 Å². The summed E-state index contributed by atoms with van der Waals surface area (Å²) in [5.74, 6) is 0.871. The fourth-order valence-corrected chi connectivity index (χ4v) is 1.92. The van der Waals surface area contributed by atoms with Crippen molar-refractivity contribution in [3.63, 3.8) is 0 Å². The Labute approximate surface area is 99.8 Å². The highest BCUT2D eigenvalue weighted by Crippen LogP contribution is 2.27. The van der Waals surface area contributed by atoms with Crippen molar-refractivity contribution in [3.8, 4) is 5.75 Å². The Balaban J connectivity index is 2.39. The van der Waals surface area contributed by atoms with Crippen molar-refractivity contribution in [1.82, 2.24) is 4.98 Å². The summed E-state index contributed by atoms with van der Waals surface area (Å²) in [7, 11) is 1.62. The molecule has 0 saturated carbocycles. The molecule has 0 bridgehead atoms. The number of benzene rings is 1. The van der Waals surface area contributed by atoms with E-state index in [1.54, 1.807) is 13.3 Å². The van der Waals surface area contributed by atoms with Crippen LogP contribution in [0.5, 0.6) is 5.75 Å². The van der Waals surface area contributed by atoms with Crippen LogP contribution in [0.3, 0.4) is 0 Å². The van der Waals surface area contributed by atoms with Gasteiger partial charge in [0.25, 0.3) is 0 Å². The van der Waals surface area contributed by atoms with Gasteiger partial charge in [-0.2, -0.15) is 0 Å². The van der Waals surface area contributed by atoms with E-state index in [2.05, 4.69) is 4.98 Å². The number of rotatable bonds is 5. The van der Waals surface area contributed by atoms with Crippen LogP contribution in [-0.2, 0) is 0 Å². The lowest BCUT2D eigenvalue weighted by atomic mass is 10.1. The first-order chi connectivity index (χ1) is 8.27. The number of nitrogens with one attached hydrogen (secondary N) is 1. The van der Waals surface area contributed by atoms with Crippen molar-refractivity contribution in [1.29, 1.82) is 0 Å². The second-order valence-electron chi connectivity index (χ2n) is 3.90. The number of methoxy groups -OCH3 is 1. The summed E-state index contributed by atoms with van der Waals surface area (Å²) in [6, 6.07) is 5.67. The Hall–Kier alpha value is -1.81. The molecule has 0 aliphatic heterocycles. The van der Waals surface area contributed by atoms with Gasteiger partial charge in [-0.05, 0) is 19.0 Å². The van der Waals surface area contributed by atoms with E-state index in [9.17, 15) is 4.79 Å². The number of hydrogen-bond donors (Lipinski definition) is 2. The van der Waals surface area contributed by atoms with E-state index in [-0.39, 0.29) is 5.78 Å². The second kappa shape index (κ2) is 5.01. The van der Waals surface area contributed by atoms with Crippen molar-refractivity contribution < 1.29 is 9.53 Å². The number of Topliss-reactive ketones (excluding diaryl/α,β-unsaturated/α-hetero) is 1. The molecule has 3 N–H and O–H groups in total. The van der Waals surface area contributed by atoms with Crippen LogP contribution in [0, 0.1) is 0 Å². The van der Waals surface area contributed by atoms with Gasteiger partial charge in [0.15, 0.2) is 5.78 Å². The Morgan fingerprint density at radius 1 is 1.47 bits per heavy atom. The Morgan fingerprint density at radius 3 is 3.00 bits per heavy atom. The van der Waals surface area contributed by atoms with Gasteiger partial charge in [0.05, 0.1) is 12.6 Å². The van der Waals surface area contributed by atoms with Crippen molar-refractivity contribution in [2.45, 2.75) is 12.8 Å². The predicted octanol–water partition coefficient (Wildman–Crippen LogP) is 2.10. The molecule has 4 heteroatoms. The van der Waals surface area contributed by atoms with E-state index in [1.165, 1.54) is 0 Å². The minimum Gasteiger partial charge on any atom is -0.495 e. The number of fused-ring (bicyclic) bond motifs is 1. The number of hydrogen-bond acceptors (Lipinski definition) is 3. The molecule has 1 heterocycles. The third kappa shape index (κ3) is 2.17. The molecule has 1 aromatic carbocycles. The lowest BCUT2D eigenvalue weighted by Crippen LogP contribution is -2.04. The zero-order valence-corrected chi connectivity index (χ0v) is 9.82. The summed E-state index contributed by atoms with van der Waals surface area (Å²) in [6.07, 6.45) is 2.95. The Morgan fingerprint density at radius 2 is 2.29 bits per heavy atom. The fraction of sp³-hybridized carbons (Fsp3) is 0.308. The van der Waals surface area contributed by atoms with Crippen LogP contribution >= 0.6 is 0 Å². The summed E-state index contributed by atoms with van der Waals surface area (Å²) < 4.78 is 5.24. The highest BCUT2D eigenvalue weighted by Gasteiger charge is 2.13. The number of ketones is 1. The number of aromatic nitrogens is 1. The Kier molecular flexibility index (Phi) is 3.44. The molecule has 0 saturated heterocycles. The molecule has 0 aliphatic rings. The molecule has 0 radical (unpaired) electrons. The Bertz CT molecular complexity index is 531. The number of carbonyl (C=O) groups excluding carboxylic acids is 1. The molecule has 2 aromatic rings. The van der Waals surface area contributed by atoms with Crippen LogP contribution in [0.25, 0.3) is 10.9 Å². The van der Waals surface area contributed by atoms with E-state index in [1.807, 2.05) is 18.2 Å². The van der Waals surface area contributed by atoms with Crippen molar-refractivity contribution in [2.24, 2.45) is 5.73 Å². The summed E-state index contributed by atoms with van der Waals surface area (Å²) in [6.45, 7) is 0.539. The highest BCUT2D eigenvalue weighted by molar-refractivity contribution is 6.08. The molecule has 2 rings (SSSR count). The summed E-state index contributed by atoms with van der Waals surface area (Å²) >= 11 is 0. The van der Waals surface area contributed by atoms with Gasteiger partial charge < -0.3 is 15.5 Å². The normalized spacial score (nSPS) is 10.7. The van der Waals surface area contributed by atoms with Gasteiger partial charge in [-0.25, -0.2) is 0 Å². The second-order valence-corrected chi connectivity index (χ2v) is 3.90. The van der Waals surface area contributed by atoms with E-state index in [0.29, 0.717) is 18.5 Å². The maximum Gasteiger partial charge on any atom is 0.165 e. The van der Waals surface area contributed by atoms with Crippen LogP contribution in [0.2, 0.25) is 0 Å². The van der Waals surface area contributed by atoms with E-state index < -0.39 is 0 Å². The SMILES string of the molecule is COc1cccc2c(C(=O)CCCN)c[nH]c12. The van der Waals surface area contributed by atoms with Gasteiger partial charge in [0.1, 0.15) is 5.75 Å². The first kappa shape index (κ1) is 11.7. The molecule has 0 amide bonds. The first-order valence-electron chi connectivity index (χ1n) is 5.65. The largest absolute Gasteiger partial charge is 0.495 e. The quantitative estimate of drug-likeness (QED) is 0.776. The molecule has 1 aromatic heterocycles. The van der Waals surface area contributed by atoms with Gasteiger partial charge in [-0.15, -0.1) is 0 Å². The van der Waals surface area contributed by atoms with Crippen LogP contribution in [0.4, 0.5) is 0 Å². The lowest BCUT2D eigenvalue weighted by molar-refractivity contribution is 0.0982. The van der Waals surface area contributed by atoms with Crippen LogP contribution in [-0.4, -0.2) is 24.4 Å². The van der Waals surface area contributed by atoms with Gasteiger partial charge >= 0.3 is 0 Å². The summed E-state index contributed by atoms with van der Waals surface area (Å²) in [4.78, 5) is 15.0. The molecular formula is C13H16N2O2. The highest BCUT2D eigenvalue weighted by atomic mass is 16.5. The maximum absolute atomic E-state index is 12.0. The summed E-state index contributed by atoms with van der Waals surface area (Å²) in [5.41, 5.74) is 6.99. The first-order valence-corrected chi connectivity index (χ1v) is 5.65. The minimum atomic E-state index is 0.120. The number of H-pyrrole nitrogens is 1. The molecule has 0 aliphatic carbocycles. The van der Waals surface area contributed by atoms with Gasteiger partial charge in [0, 0.05) is 23.6 Å². The average Bonchev–Trinajstić information content (AvgIpc) is 2.79. The number of ether oxygens (including phenoxy) is 1. The minimum absolute atomic E-state index is 0.120. The standard InChI is InChI=1S/C13H16N2O2/c1-17-12-6-2-4-9-10(8-15-13(9)12)11(16)5-3-7-14/h2,4,6,8,15H,3,5,7,14H2,1H3. The molecule has 0 spiro atoms. The van der Waals surface area contributed by atoms with Crippen molar-refractivity contribution >= 4 is 16.7 Å². The van der Waals surface area contributed by atoms with Gasteiger partial charge in [-0.3, -0.25) is 4.79 Å². The van der Waals surface area contributed by atoms with Gasteiger partial charge in [-0.1, -0.05) is 12.1 Å². The smallest absolute Gasteiger partial charge is 0.165 e. The zero-order chi connectivity index (χ0) is 12.3. The van der Waals surface area contributed by atoms with Crippen LogP contribution < -0.4 is 10.5 Å². The molecular weight excluding hydrogens is 216 g/mol. The van der Waals surface area contributed by atoms with E-state index >= 15 is 0 Å². The molecule has 4 nitrogen and oxygen atoms in total. The molecule has 0 fully saturated rings. The molecule has 17 heavy (non-hydrogen) atoms. The number of nitrogens with two attached hydrogens (primary N) is 1. The number of para-hydroxylation sites is 1. The third-order valence-electron chi connectivity index (χ3n) is 2.81. The third-order valence-corrected chi connectivity index (χ3v) is 2.81. The number of aromatic amines is 1. The zero-order valence-electron chi connectivity index (χ0n) is 9.82. The lowest BCUT2D eigenvalue weighted by Gasteiger charge is -2.01. The van der Waals surface area contributed by atoms with E-state index in [4.69, 9.17) is 10.5 Å². The summed E-state index contributed by atoms with van der Waals surface area (Å²) in [5, 5.41) is 0.909. The van der Waals surface area contributed by atoms with Crippen LogP contribution in [0.15, 0.2) is 24.4 Å². The van der Waals surface area contributed by atoms with Gasteiger partial charge in [0.2, 0.25) is 0 Å². The fourth-order valence-electron chi connectivity index (χ4n) is 1.92. The van der Waals surface area contributed by atoms with Crippen molar-refractivity contribution in [2.75, 3.05) is 13.7 Å². The van der Waals surface area contributed by atoms with Crippen LogP contribution in [0.1, 0.15) is 23.2 Å². The number of carbonyl (C=O) groups is 1. The predicted molar refractivity (Wildman–Crippen MR) is 67.5 cm³/mol. The topological polar surface area (TPSA) is 68.1 Å².